The number of hydrogen-bond acceptors (Lipinski definition) is 0. The van der Waals surface area contributed by atoms with Gasteiger partial charge in [-0.2, -0.15) is 0 Å². The molecule has 0 radical (unpaired) electrons. The van der Waals surface area contributed by atoms with Crippen molar-refractivity contribution >= 4 is 55.8 Å². The summed E-state index contributed by atoms with van der Waals surface area (Å²) in [5.41, 5.74) is 0. The summed E-state index contributed by atoms with van der Waals surface area (Å²) in [5.74, 6) is 0. The summed E-state index contributed by atoms with van der Waals surface area (Å²) in [6, 6.07) is 0. The van der Waals surface area contributed by atoms with Gasteiger partial charge in [-0.3, -0.25) is 0 Å². The van der Waals surface area contributed by atoms with Crippen LogP contribution in [0.25, 0.3) is 0 Å². The van der Waals surface area contributed by atoms with Crippen LogP contribution in [0.4, 0.5) is 0 Å². The van der Waals surface area contributed by atoms with Crippen molar-refractivity contribution in [2.24, 2.45) is 0 Å². The molecule has 0 bridgehead atoms. The summed E-state index contributed by atoms with van der Waals surface area (Å²) in [6.45, 7) is 2.21. The van der Waals surface area contributed by atoms with Gasteiger partial charge in [-0.1, -0.05) is 0 Å². The molecule has 0 atom stereocenters. The predicted octanol–water partition coefficient (Wildman–Crippen LogP) is 1.32. The van der Waals surface area contributed by atoms with E-state index in [-0.39, 0.29) is 37.2 Å². The number of halogens is 3. The van der Waals surface area contributed by atoms with Crippen LogP contribution < -0.4 is 0 Å². The van der Waals surface area contributed by atoms with Gasteiger partial charge in [0.05, 0.1) is 0 Å². The summed E-state index contributed by atoms with van der Waals surface area (Å²) in [4.78, 5) is 1.44. The van der Waals surface area contributed by atoms with Crippen LogP contribution >= 0.6 is 37.2 Å². The maximum Gasteiger partial charge on any atom is -0.147 e. The van der Waals surface area contributed by atoms with Gasteiger partial charge < -0.3 is 0 Å². The van der Waals surface area contributed by atoms with Crippen molar-refractivity contribution in [3.8, 4) is 0 Å². The number of rotatable bonds is 0. The zero-order chi connectivity index (χ0) is 2.71. The Morgan fingerprint density at radius 1 is 1.17 bits per heavy atom. The monoisotopic (exact) mass is 208 g/mol. The van der Waals surface area contributed by atoms with Crippen LogP contribution in [0.15, 0.2) is 0 Å². The molecule has 0 unspecified atom stereocenters. The van der Waals surface area contributed by atoms with Crippen LogP contribution in [0.1, 0.15) is 6.92 Å². The quantitative estimate of drug-likeness (QED) is 0.529. The van der Waals surface area contributed by atoms with Gasteiger partial charge in [0.2, 0.25) is 0 Å². The smallest absolute Gasteiger partial charge is 0.147 e. The summed E-state index contributed by atoms with van der Waals surface area (Å²) >= 11 is 1.10. The third-order valence-electron chi connectivity index (χ3n) is 0. The van der Waals surface area contributed by atoms with Gasteiger partial charge in [0.1, 0.15) is 0 Å². The maximum absolute atomic E-state index is 2.21. The molecule has 42 valence electrons. The average molecular weight is 210 g/mol. The van der Waals surface area contributed by atoms with E-state index in [0.717, 1.165) is 18.6 Å². The molecule has 0 rings (SSSR count). The first-order valence-electron chi connectivity index (χ1n) is 1.41. The van der Waals surface area contributed by atoms with Crippen LogP contribution in [-0.2, 0) is 0 Å². The van der Waals surface area contributed by atoms with E-state index in [2.05, 4.69) is 6.92 Å². The van der Waals surface area contributed by atoms with Crippen LogP contribution in [0.3, 0.4) is 0 Å². The van der Waals surface area contributed by atoms with Gasteiger partial charge in [0, 0.05) is 0 Å². The largest absolute Gasteiger partial charge is 0.147 e. The standard InChI is InChI=1S/C2H5.3ClH.Ga.2H/c1-2;;;;;;/h1H2,2H3;3*1H;;;. The molecule has 0 nitrogen and oxygen atoms in total. The Kier molecular flexibility index (Phi) is 135. The third-order valence-corrected chi connectivity index (χ3v) is 0. The fraction of sp³-hybridized carbons (Fsp3) is 1.00. The Hall–Kier alpha value is 1.51. The van der Waals surface area contributed by atoms with Gasteiger partial charge in [-0.25, -0.2) is 0 Å². The fourth-order valence-corrected chi connectivity index (χ4v) is 0. The zero-order valence-electron chi connectivity index (χ0n) is 3.93. The molecular weight excluding hydrogens is 200 g/mol. The molecular formula is C2H10Cl3Ga. The van der Waals surface area contributed by atoms with Crippen LogP contribution in [0.5, 0.6) is 0 Å². The molecule has 6 heavy (non-hydrogen) atoms. The van der Waals surface area contributed by atoms with Crippen LogP contribution in [-0.4, -0.2) is 18.6 Å². The molecule has 0 aromatic heterocycles. The molecule has 4 heteroatoms. The molecule has 0 saturated carbocycles. The Balaban J connectivity index is -0.00000000667. The van der Waals surface area contributed by atoms with E-state index in [4.69, 9.17) is 0 Å². The number of hydrogen-bond donors (Lipinski definition) is 0. The minimum atomic E-state index is 0. The summed E-state index contributed by atoms with van der Waals surface area (Å²) in [7, 11) is 0. The summed E-state index contributed by atoms with van der Waals surface area (Å²) in [6.07, 6.45) is 0. The third kappa shape index (κ3) is 49.3. The first kappa shape index (κ1) is 25.8. The molecule has 0 heterocycles. The van der Waals surface area contributed by atoms with E-state index in [0.29, 0.717) is 0 Å². The molecule has 0 aliphatic heterocycles. The van der Waals surface area contributed by atoms with Gasteiger partial charge in [0.15, 0.2) is 0 Å². The van der Waals surface area contributed by atoms with Crippen molar-refractivity contribution in [3.63, 3.8) is 0 Å². The van der Waals surface area contributed by atoms with Crippen molar-refractivity contribution < 1.29 is 0 Å². The zero-order valence-corrected chi connectivity index (χ0v) is 10.6. The molecule has 0 aliphatic carbocycles. The Morgan fingerprint density at radius 2 is 1.17 bits per heavy atom. The second-order valence-corrected chi connectivity index (χ2v) is 3.67. The van der Waals surface area contributed by atoms with Crippen LogP contribution in [0.2, 0.25) is 4.98 Å². The molecule has 0 spiro atoms. The molecule has 0 N–H and O–H groups in total. The van der Waals surface area contributed by atoms with E-state index in [9.17, 15) is 0 Å². The van der Waals surface area contributed by atoms with Crippen molar-refractivity contribution in [2.45, 2.75) is 11.9 Å². The molecule has 0 aromatic rings. The second kappa shape index (κ2) is 31.4. The van der Waals surface area contributed by atoms with Crippen LogP contribution in [0, 0.1) is 0 Å². The predicted molar refractivity (Wildman–Crippen MR) is 40.8 cm³/mol. The normalized spacial score (nSPS) is 2.83. The molecule has 0 aliphatic rings. The van der Waals surface area contributed by atoms with Crippen molar-refractivity contribution in [1.29, 1.82) is 0 Å². The SMILES string of the molecule is C[CH2][GaH2].Cl.Cl.Cl. The van der Waals surface area contributed by atoms with Gasteiger partial charge in [-0.15, -0.1) is 37.2 Å². The Bertz CT molecular complexity index is 8.75. The van der Waals surface area contributed by atoms with Crippen molar-refractivity contribution in [2.75, 3.05) is 0 Å². The minimum absolute atomic E-state index is 0. The fourth-order valence-electron chi connectivity index (χ4n) is 0. The van der Waals surface area contributed by atoms with Gasteiger partial charge in [-0.05, 0) is 0 Å². The molecule has 0 aromatic carbocycles. The van der Waals surface area contributed by atoms with Crippen molar-refractivity contribution in [3.05, 3.63) is 0 Å². The van der Waals surface area contributed by atoms with E-state index in [1.165, 1.54) is 4.98 Å². The van der Waals surface area contributed by atoms with E-state index >= 15 is 0 Å². The Morgan fingerprint density at radius 3 is 1.17 bits per heavy atom. The van der Waals surface area contributed by atoms with Gasteiger partial charge >= 0.3 is 30.5 Å². The molecule has 0 amide bonds. The molecule has 0 fully saturated rings. The van der Waals surface area contributed by atoms with Crippen molar-refractivity contribution in [1.82, 2.24) is 0 Å². The van der Waals surface area contributed by atoms with E-state index in [1.54, 1.807) is 0 Å². The first-order valence-corrected chi connectivity index (χ1v) is 4.38. The second-order valence-electron chi connectivity index (χ2n) is 0.707. The summed E-state index contributed by atoms with van der Waals surface area (Å²) in [5, 5.41) is 0. The average Bonchev–Trinajstić information content (AvgIpc) is 0.918. The minimum Gasteiger partial charge on any atom is -0.147 e. The summed E-state index contributed by atoms with van der Waals surface area (Å²) < 4.78 is 0. The Labute approximate surface area is 67.6 Å². The van der Waals surface area contributed by atoms with E-state index in [1.807, 2.05) is 0 Å². The van der Waals surface area contributed by atoms with E-state index < -0.39 is 0 Å². The van der Waals surface area contributed by atoms with Gasteiger partial charge in [0.25, 0.3) is 0 Å². The first-order chi connectivity index (χ1) is 1.41. The molecule has 0 saturated heterocycles. The maximum atomic E-state index is 2.21. The topological polar surface area (TPSA) is 0 Å².